The molecule has 2 aromatic heterocycles. The molecule has 1 unspecified atom stereocenters. The van der Waals surface area contributed by atoms with Gasteiger partial charge >= 0.3 is 0 Å². The Labute approximate surface area is 168 Å². The molecule has 1 amide bonds. The van der Waals surface area contributed by atoms with Gasteiger partial charge in [-0.2, -0.15) is 5.10 Å². The minimum atomic E-state index is -0.314. The fraction of sp³-hybridized carbons (Fsp3) is 0.333. The summed E-state index contributed by atoms with van der Waals surface area (Å²) >= 11 is 0. The average molecular weight is 395 g/mol. The summed E-state index contributed by atoms with van der Waals surface area (Å²) in [5, 5.41) is 12.4. The molecule has 0 bridgehead atoms. The predicted molar refractivity (Wildman–Crippen MR) is 105 cm³/mol. The molecule has 0 aliphatic carbocycles. The van der Waals surface area contributed by atoms with E-state index in [1.807, 2.05) is 24.9 Å². The molecule has 1 fully saturated rings. The highest BCUT2D eigenvalue weighted by atomic mass is 19.1. The highest BCUT2D eigenvalue weighted by molar-refractivity contribution is 5.92. The van der Waals surface area contributed by atoms with Crippen molar-refractivity contribution in [1.82, 2.24) is 24.9 Å². The number of carbonyl (C=O) groups excluding carboxylic acids is 1. The molecule has 150 valence electrons. The molecule has 7 nitrogen and oxygen atoms in total. The summed E-state index contributed by atoms with van der Waals surface area (Å²) in [5.74, 6) is 0.282. The lowest BCUT2D eigenvalue weighted by Gasteiger charge is -2.15. The molecule has 0 saturated carbocycles. The van der Waals surface area contributed by atoms with Gasteiger partial charge in [0.1, 0.15) is 5.82 Å². The molecule has 29 heavy (non-hydrogen) atoms. The van der Waals surface area contributed by atoms with E-state index >= 15 is 0 Å². The Morgan fingerprint density at radius 3 is 2.79 bits per heavy atom. The van der Waals surface area contributed by atoms with Gasteiger partial charge in [0.2, 0.25) is 5.88 Å². The van der Waals surface area contributed by atoms with E-state index in [0.29, 0.717) is 42.5 Å². The van der Waals surface area contributed by atoms with Gasteiger partial charge in [0.25, 0.3) is 5.91 Å². The maximum absolute atomic E-state index is 13.3. The zero-order valence-electron chi connectivity index (χ0n) is 16.4. The second kappa shape index (κ2) is 7.98. The lowest BCUT2D eigenvalue weighted by atomic mass is 10.1. The number of rotatable bonds is 5. The minimum absolute atomic E-state index is 0.0459. The molecule has 1 atom stereocenters. The fourth-order valence-corrected chi connectivity index (χ4v) is 3.38. The van der Waals surface area contributed by atoms with Crippen molar-refractivity contribution >= 4 is 5.91 Å². The second-order valence-corrected chi connectivity index (χ2v) is 7.28. The van der Waals surface area contributed by atoms with E-state index in [2.05, 4.69) is 15.3 Å². The number of halogens is 1. The third kappa shape index (κ3) is 4.26. The maximum Gasteiger partial charge on any atom is 0.274 e. The first kappa shape index (κ1) is 19.0. The van der Waals surface area contributed by atoms with Crippen LogP contribution in [0, 0.1) is 18.7 Å². The van der Waals surface area contributed by atoms with Gasteiger partial charge in [0.15, 0.2) is 5.69 Å². The number of hydrogen-bond acceptors (Lipinski definition) is 5. The summed E-state index contributed by atoms with van der Waals surface area (Å²) < 4.78 is 20.8. The normalized spacial score (nSPS) is 16.2. The Kier molecular flexibility index (Phi) is 5.24. The van der Waals surface area contributed by atoms with Crippen molar-refractivity contribution in [2.24, 2.45) is 13.0 Å². The summed E-state index contributed by atoms with van der Waals surface area (Å²) in [6.07, 6.45) is 0.867. The van der Waals surface area contributed by atoms with Crippen LogP contribution in [0.5, 0.6) is 5.88 Å². The van der Waals surface area contributed by atoms with Crippen molar-refractivity contribution in [3.05, 3.63) is 59.7 Å². The Hall–Kier alpha value is -3.29. The highest BCUT2D eigenvalue weighted by Crippen LogP contribution is 2.21. The first-order valence-electron chi connectivity index (χ1n) is 9.52. The van der Waals surface area contributed by atoms with Crippen molar-refractivity contribution in [1.29, 1.82) is 0 Å². The van der Waals surface area contributed by atoms with E-state index in [9.17, 15) is 9.18 Å². The van der Waals surface area contributed by atoms with Crippen molar-refractivity contribution in [3.8, 4) is 17.1 Å². The first-order valence-corrected chi connectivity index (χ1v) is 9.52. The molecule has 0 N–H and O–H groups in total. The third-order valence-corrected chi connectivity index (χ3v) is 5.13. The minimum Gasteiger partial charge on any atom is -0.476 e. The van der Waals surface area contributed by atoms with Crippen LogP contribution < -0.4 is 4.74 Å². The Morgan fingerprint density at radius 2 is 2.10 bits per heavy atom. The Balaban J connectivity index is 1.31. The summed E-state index contributed by atoms with van der Waals surface area (Å²) in [4.78, 5) is 14.4. The Bertz CT molecular complexity index is 999. The molecule has 1 aliphatic rings. The summed E-state index contributed by atoms with van der Waals surface area (Å²) in [7, 11) is 1.83. The van der Waals surface area contributed by atoms with E-state index < -0.39 is 0 Å². The lowest BCUT2D eigenvalue weighted by molar-refractivity contribution is 0.0776. The van der Waals surface area contributed by atoms with Crippen molar-refractivity contribution in [3.63, 3.8) is 0 Å². The molecular weight excluding hydrogens is 373 g/mol. The molecule has 3 heterocycles. The SMILES string of the molecule is Cc1cc(C(=O)N2CCC(COc3ccc(-c4cccc(F)c4)nn3)C2)nn1C. The van der Waals surface area contributed by atoms with Crippen LogP contribution in [0.25, 0.3) is 11.3 Å². The number of carbonyl (C=O) groups is 1. The monoisotopic (exact) mass is 395 g/mol. The molecular formula is C21H22FN5O2. The van der Waals surface area contributed by atoms with Crippen LogP contribution in [-0.2, 0) is 7.05 Å². The van der Waals surface area contributed by atoms with Crippen molar-refractivity contribution in [2.45, 2.75) is 13.3 Å². The first-order chi connectivity index (χ1) is 14.0. The van der Waals surface area contributed by atoms with Gasteiger partial charge < -0.3 is 9.64 Å². The van der Waals surface area contributed by atoms with Gasteiger partial charge in [-0.15, -0.1) is 10.2 Å². The smallest absolute Gasteiger partial charge is 0.274 e. The van der Waals surface area contributed by atoms with Gasteiger partial charge in [-0.3, -0.25) is 9.48 Å². The van der Waals surface area contributed by atoms with Crippen molar-refractivity contribution < 1.29 is 13.9 Å². The van der Waals surface area contributed by atoms with Crippen LogP contribution in [0.3, 0.4) is 0 Å². The number of hydrogen-bond donors (Lipinski definition) is 0. The van der Waals surface area contributed by atoms with Crippen molar-refractivity contribution in [2.75, 3.05) is 19.7 Å². The number of benzene rings is 1. The quantitative estimate of drug-likeness (QED) is 0.664. The van der Waals surface area contributed by atoms with E-state index in [4.69, 9.17) is 4.74 Å². The zero-order valence-corrected chi connectivity index (χ0v) is 16.4. The number of amides is 1. The van der Waals surface area contributed by atoms with Crippen LogP contribution in [0.4, 0.5) is 4.39 Å². The highest BCUT2D eigenvalue weighted by Gasteiger charge is 2.29. The molecule has 1 saturated heterocycles. The van der Waals surface area contributed by atoms with E-state index in [0.717, 1.165) is 12.1 Å². The van der Waals surface area contributed by atoms with Gasteiger partial charge in [-0.05, 0) is 37.6 Å². The van der Waals surface area contributed by atoms with E-state index in [1.54, 1.807) is 28.9 Å². The lowest BCUT2D eigenvalue weighted by Crippen LogP contribution is -2.30. The number of likely N-dealkylation sites (tertiary alicyclic amines) is 1. The summed E-state index contributed by atoms with van der Waals surface area (Å²) in [6.45, 7) is 3.69. The van der Waals surface area contributed by atoms with Crippen LogP contribution in [0.1, 0.15) is 22.6 Å². The van der Waals surface area contributed by atoms with Gasteiger partial charge in [-0.25, -0.2) is 4.39 Å². The third-order valence-electron chi connectivity index (χ3n) is 5.13. The molecule has 4 rings (SSSR count). The summed E-state index contributed by atoms with van der Waals surface area (Å²) in [5.41, 5.74) is 2.68. The standard InChI is InChI=1S/C21H22FN5O2/c1-14-10-19(25-26(14)2)21(28)27-9-8-15(12-27)13-29-20-7-6-18(23-24-20)16-4-3-5-17(22)11-16/h3-7,10-11,15H,8-9,12-13H2,1-2H3. The van der Waals surface area contributed by atoms with Crippen LogP contribution in [-0.4, -0.2) is 50.5 Å². The predicted octanol–water partition coefficient (Wildman–Crippen LogP) is 2.87. The number of nitrogens with zero attached hydrogens (tertiary/aromatic N) is 5. The molecule has 0 radical (unpaired) electrons. The number of ether oxygens (including phenoxy) is 1. The van der Waals surface area contributed by atoms with Crippen LogP contribution in [0.15, 0.2) is 42.5 Å². The maximum atomic E-state index is 13.3. The average Bonchev–Trinajstić information content (AvgIpc) is 3.33. The Morgan fingerprint density at radius 1 is 1.24 bits per heavy atom. The fourth-order valence-electron chi connectivity index (χ4n) is 3.38. The summed E-state index contributed by atoms with van der Waals surface area (Å²) in [6, 6.07) is 11.5. The molecule has 8 heteroatoms. The zero-order chi connectivity index (χ0) is 20.4. The number of aryl methyl sites for hydroxylation is 2. The van der Waals surface area contributed by atoms with Crippen LogP contribution >= 0.6 is 0 Å². The second-order valence-electron chi connectivity index (χ2n) is 7.28. The van der Waals surface area contributed by atoms with Gasteiger partial charge in [0.05, 0.1) is 12.3 Å². The molecule has 1 aromatic carbocycles. The molecule has 1 aliphatic heterocycles. The molecule has 3 aromatic rings. The number of aromatic nitrogens is 4. The van der Waals surface area contributed by atoms with E-state index in [1.165, 1.54) is 12.1 Å². The largest absolute Gasteiger partial charge is 0.476 e. The van der Waals surface area contributed by atoms with Gasteiger partial charge in [-0.1, -0.05) is 12.1 Å². The van der Waals surface area contributed by atoms with Crippen LogP contribution in [0.2, 0.25) is 0 Å². The topological polar surface area (TPSA) is 73.1 Å². The van der Waals surface area contributed by atoms with E-state index in [-0.39, 0.29) is 17.6 Å². The molecule has 0 spiro atoms. The van der Waals surface area contributed by atoms with Gasteiger partial charge in [0, 0.05) is 43.4 Å².